The summed E-state index contributed by atoms with van der Waals surface area (Å²) in [6.07, 6.45) is 5.24. The van der Waals surface area contributed by atoms with Crippen molar-refractivity contribution in [3.05, 3.63) is 66.0 Å². The van der Waals surface area contributed by atoms with Gasteiger partial charge in [0.25, 0.3) is 0 Å². The summed E-state index contributed by atoms with van der Waals surface area (Å²) >= 11 is 0. The molecule has 0 bridgehead atoms. The summed E-state index contributed by atoms with van der Waals surface area (Å²) in [6, 6.07) is 14.1. The quantitative estimate of drug-likeness (QED) is 0.835. The lowest BCUT2D eigenvalue weighted by molar-refractivity contribution is -0.132. The van der Waals surface area contributed by atoms with E-state index in [1.165, 1.54) is 5.56 Å². The molecule has 128 valence electrons. The van der Waals surface area contributed by atoms with Gasteiger partial charge < -0.3 is 4.90 Å². The number of rotatable bonds is 5. The van der Waals surface area contributed by atoms with E-state index in [2.05, 4.69) is 22.0 Å². The lowest BCUT2D eigenvalue weighted by Crippen LogP contribution is -2.49. The van der Waals surface area contributed by atoms with Crippen molar-refractivity contribution in [3.8, 4) is 0 Å². The van der Waals surface area contributed by atoms with Crippen LogP contribution >= 0.6 is 12.4 Å². The van der Waals surface area contributed by atoms with Crippen LogP contribution in [0.25, 0.3) is 0 Å². The molecule has 0 saturated carbocycles. The van der Waals surface area contributed by atoms with Crippen LogP contribution in [-0.4, -0.2) is 53.4 Å². The van der Waals surface area contributed by atoms with Gasteiger partial charge >= 0.3 is 0 Å². The standard InChI is InChI=1S/C19H23N3O.ClH/c23-19(16-18-4-2-1-3-5-18)22-14-12-21(13-15-22)11-8-17-6-9-20-10-7-17;/h1-7,9-10H,8,11-16H2;1H. The molecule has 0 aliphatic carbocycles. The molecule has 4 nitrogen and oxygen atoms in total. The second-order valence-electron chi connectivity index (χ2n) is 5.99. The summed E-state index contributed by atoms with van der Waals surface area (Å²) in [5, 5.41) is 0. The fraction of sp³-hybridized carbons (Fsp3) is 0.368. The van der Waals surface area contributed by atoms with Gasteiger partial charge in [0.2, 0.25) is 5.91 Å². The molecule has 0 spiro atoms. The molecule has 1 fully saturated rings. The number of hydrogen-bond donors (Lipinski definition) is 0. The van der Waals surface area contributed by atoms with Crippen LogP contribution in [0.3, 0.4) is 0 Å². The Balaban J connectivity index is 0.00000208. The molecule has 2 aromatic rings. The molecule has 2 heterocycles. The van der Waals surface area contributed by atoms with E-state index in [-0.39, 0.29) is 18.3 Å². The van der Waals surface area contributed by atoms with Gasteiger partial charge in [-0.1, -0.05) is 30.3 Å². The van der Waals surface area contributed by atoms with Gasteiger partial charge in [0.1, 0.15) is 0 Å². The lowest BCUT2D eigenvalue weighted by Gasteiger charge is -2.34. The SMILES string of the molecule is Cl.O=C(Cc1ccccc1)N1CCN(CCc2ccncc2)CC1. The Morgan fingerprint density at radius 3 is 2.25 bits per heavy atom. The average Bonchev–Trinajstić information content (AvgIpc) is 2.62. The number of carbonyl (C=O) groups is 1. The molecule has 0 radical (unpaired) electrons. The summed E-state index contributed by atoms with van der Waals surface area (Å²) in [4.78, 5) is 20.8. The van der Waals surface area contributed by atoms with Crippen LogP contribution in [0, 0.1) is 0 Å². The third kappa shape index (κ3) is 5.32. The zero-order valence-corrected chi connectivity index (χ0v) is 14.6. The number of amides is 1. The molecule has 1 amide bonds. The van der Waals surface area contributed by atoms with E-state index < -0.39 is 0 Å². The molecule has 1 aromatic carbocycles. The second-order valence-corrected chi connectivity index (χ2v) is 5.99. The van der Waals surface area contributed by atoms with Crippen molar-refractivity contribution < 1.29 is 4.79 Å². The van der Waals surface area contributed by atoms with E-state index in [0.717, 1.165) is 44.7 Å². The molecule has 0 atom stereocenters. The third-order valence-corrected chi connectivity index (χ3v) is 4.39. The molecule has 1 aliphatic heterocycles. The van der Waals surface area contributed by atoms with E-state index in [0.29, 0.717) is 6.42 Å². The number of benzene rings is 1. The predicted octanol–water partition coefficient (Wildman–Crippen LogP) is 2.43. The Hall–Kier alpha value is -1.91. The zero-order chi connectivity index (χ0) is 15.9. The fourth-order valence-corrected chi connectivity index (χ4v) is 2.94. The third-order valence-electron chi connectivity index (χ3n) is 4.39. The highest BCUT2D eigenvalue weighted by molar-refractivity contribution is 5.85. The minimum absolute atomic E-state index is 0. The molecule has 24 heavy (non-hydrogen) atoms. The van der Waals surface area contributed by atoms with Gasteiger partial charge in [0.05, 0.1) is 6.42 Å². The maximum atomic E-state index is 12.4. The van der Waals surface area contributed by atoms with Crippen molar-refractivity contribution >= 4 is 18.3 Å². The minimum Gasteiger partial charge on any atom is -0.340 e. The molecular weight excluding hydrogens is 322 g/mol. The summed E-state index contributed by atoms with van der Waals surface area (Å²) in [5.41, 5.74) is 2.42. The highest BCUT2D eigenvalue weighted by atomic mass is 35.5. The van der Waals surface area contributed by atoms with Crippen molar-refractivity contribution in [2.45, 2.75) is 12.8 Å². The van der Waals surface area contributed by atoms with Crippen LogP contribution in [-0.2, 0) is 17.6 Å². The van der Waals surface area contributed by atoms with E-state index in [1.54, 1.807) is 0 Å². The molecule has 1 saturated heterocycles. The fourth-order valence-electron chi connectivity index (χ4n) is 2.94. The number of pyridine rings is 1. The first-order valence-electron chi connectivity index (χ1n) is 8.24. The van der Waals surface area contributed by atoms with Crippen LogP contribution < -0.4 is 0 Å². The largest absolute Gasteiger partial charge is 0.340 e. The normalized spacial score (nSPS) is 14.9. The topological polar surface area (TPSA) is 36.4 Å². The predicted molar refractivity (Wildman–Crippen MR) is 98.4 cm³/mol. The lowest BCUT2D eigenvalue weighted by atomic mass is 10.1. The van der Waals surface area contributed by atoms with Gasteiger partial charge in [-0.2, -0.15) is 0 Å². The first kappa shape index (κ1) is 18.4. The molecule has 5 heteroatoms. The number of aromatic nitrogens is 1. The first-order valence-corrected chi connectivity index (χ1v) is 8.24. The molecule has 0 unspecified atom stereocenters. The Morgan fingerprint density at radius 1 is 0.917 bits per heavy atom. The van der Waals surface area contributed by atoms with E-state index in [1.807, 2.05) is 47.6 Å². The molecule has 0 N–H and O–H groups in total. The number of hydrogen-bond acceptors (Lipinski definition) is 3. The highest BCUT2D eigenvalue weighted by Crippen LogP contribution is 2.08. The monoisotopic (exact) mass is 345 g/mol. The smallest absolute Gasteiger partial charge is 0.227 e. The van der Waals surface area contributed by atoms with Gasteiger partial charge in [-0.05, 0) is 29.7 Å². The van der Waals surface area contributed by atoms with Gasteiger partial charge in [-0.25, -0.2) is 0 Å². The summed E-state index contributed by atoms with van der Waals surface area (Å²) in [7, 11) is 0. The second kappa shape index (κ2) is 9.40. The molecule has 3 rings (SSSR count). The number of piperazine rings is 1. The first-order chi connectivity index (χ1) is 11.3. The molecular formula is C19H24ClN3O. The van der Waals surface area contributed by atoms with Gasteiger partial charge in [-0.3, -0.25) is 14.7 Å². The van der Waals surface area contributed by atoms with Crippen molar-refractivity contribution in [2.24, 2.45) is 0 Å². The van der Waals surface area contributed by atoms with E-state index >= 15 is 0 Å². The van der Waals surface area contributed by atoms with Gasteiger partial charge in [0, 0.05) is 45.1 Å². The zero-order valence-electron chi connectivity index (χ0n) is 13.8. The Kier molecular flexibility index (Phi) is 7.22. The van der Waals surface area contributed by atoms with Crippen LogP contribution in [0.15, 0.2) is 54.9 Å². The van der Waals surface area contributed by atoms with Crippen LogP contribution in [0.1, 0.15) is 11.1 Å². The Labute approximate surface area is 149 Å². The van der Waals surface area contributed by atoms with E-state index in [4.69, 9.17) is 0 Å². The summed E-state index contributed by atoms with van der Waals surface area (Å²) in [5.74, 6) is 0.241. The number of carbonyl (C=O) groups excluding carboxylic acids is 1. The summed E-state index contributed by atoms with van der Waals surface area (Å²) < 4.78 is 0. The number of halogens is 1. The molecule has 1 aromatic heterocycles. The minimum atomic E-state index is 0. The van der Waals surface area contributed by atoms with Crippen LogP contribution in [0.4, 0.5) is 0 Å². The van der Waals surface area contributed by atoms with Gasteiger partial charge in [-0.15, -0.1) is 12.4 Å². The van der Waals surface area contributed by atoms with Crippen molar-refractivity contribution in [3.63, 3.8) is 0 Å². The van der Waals surface area contributed by atoms with E-state index in [9.17, 15) is 4.79 Å². The van der Waals surface area contributed by atoms with Crippen molar-refractivity contribution in [2.75, 3.05) is 32.7 Å². The van der Waals surface area contributed by atoms with Gasteiger partial charge in [0.15, 0.2) is 0 Å². The highest BCUT2D eigenvalue weighted by Gasteiger charge is 2.20. The van der Waals surface area contributed by atoms with Crippen LogP contribution in [0.2, 0.25) is 0 Å². The molecule has 1 aliphatic rings. The Morgan fingerprint density at radius 2 is 1.58 bits per heavy atom. The number of nitrogens with zero attached hydrogens (tertiary/aromatic N) is 3. The Bertz CT molecular complexity index is 613. The van der Waals surface area contributed by atoms with Crippen molar-refractivity contribution in [1.82, 2.24) is 14.8 Å². The maximum Gasteiger partial charge on any atom is 0.227 e. The maximum absolute atomic E-state index is 12.4. The summed E-state index contributed by atoms with van der Waals surface area (Å²) in [6.45, 7) is 4.64. The van der Waals surface area contributed by atoms with Crippen LogP contribution in [0.5, 0.6) is 0 Å². The average molecular weight is 346 g/mol. The van der Waals surface area contributed by atoms with Crippen molar-refractivity contribution in [1.29, 1.82) is 0 Å².